The second-order valence-corrected chi connectivity index (χ2v) is 9.22. The Morgan fingerprint density at radius 1 is 1.00 bits per heavy atom. The predicted molar refractivity (Wildman–Crippen MR) is 108 cm³/mol. The zero-order valence-corrected chi connectivity index (χ0v) is 17.5. The first kappa shape index (κ1) is 20.9. The number of hydrogen-bond donors (Lipinski definition) is 0. The highest BCUT2D eigenvalue weighted by atomic mass is 35.5. The van der Waals surface area contributed by atoms with E-state index in [1.807, 2.05) is 0 Å². The van der Waals surface area contributed by atoms with Gasteiger partial charge in [-0.25, -0.2) is 8.42 Å². The van der Waals surface area contributed by atoms with Crippen molar-refractivity contribution >= 4 is 39.1 Å². The maximum absolute atomic E-state index is 12.7. The van der Waals surface area contributed by atoms with Crippen LogP contribution in [0.4, 0.5) is 0 Å². The van der Waals surface area contributed by atoms with Gasteiger partial charge in [-0.3, -0.25) is 4.79 Å². The smallest absolute Gasteiger partial charge is 0.263 e. The Bertz CT molecular complexity index is 960. The lowest BCUT2D eigenvalue weighted by Crippen LogP contribution is -2.53. The first-order valence-electron chi connectivity index (χ1n) is 8.74. The normalized spacial score (nSPS) is 16.6. The highest BCUT2D eigenvalue weighted by Crippen LogP contribution is 2.22. The van der Waals surface area contributed by atoms with Crippen LogP contribution < -0.4 is 4.74 Å². The van der Waals surface area contributed by atoms with Crippen molar-refractivity contribution < 1.29 is 17.9 Å². The molecule has 2 aromatic carbocycles. The number of rotatable bonds is 5. The molecule has 0 unspecified atom stereocenters. The van der Waals surface area contributed by atoms with Gasteiger partial charge in [0.05, 0.1) is 4.90 Å². The third kappa shape index (κ3) is 4.78. The van der Waals surface area contributed by atoms with Crippen LogP contribution in [0.15, 0.2) is 53.4 Å². The number of piperazine rings is 1. The molecule has 0 aromatic heterocycles. The Morgan fingerprint density at radius 3 is 2.21 bits per heavy atom. The summed E-state index contributed by atoms with van der Waals surface area (Å²) in [5, 5.41) is 0.888. The fraction of sp³-hybridized carbons (Fsp3) is 0.316. The highest BCUT2D eigenvalue weighted by Gasteiger charge is 2.32. The van der Waals surface area contributed by atoms with Gasteiger partial charge in [0, 0.05) is 36.2 Å². The number of sulfonamides is 1. The van der Waals surface area contributed by atoms with Gasteiger partial charge in [-0.1, -0.05) is 35.3 Å². The lowest BCUT2D eigenvalue weighted by molar-refractivity contribution is -0.139. The molecule has 2 aromatic rings. The number of amides is 1. The molecule has 9 heteroatoms. The lowest BCUT2D eigenvalue weighted by atomic mass is 10.2. The molecule has 1 saturated heterocycles. The SMILES string of the molecule is C[C@H](Oc1cccc(Cl)c1)C(=O)N1CCN(S(=O)(=O)c2cccc(Cl)c2)CC1. The summed E-state index contributed by atoms with van der Waals surface area (Å²) in [7, 11) is -3.64. The number of carbonyl (C=O) groups excluding carboxylic acids is 1. The van der Waals surface area contributed by atoms with Gasteiger partial charge in [-0.15, -0.1) is 0 Å². The van der Waals surface area contributed by atoms with E-state index in [1.165, 1.54) is 16.4 Å². The number of hydrogen-bond acceptors (Lipinski definition) is 4. The first-order valence-corrected chi connectivity index (χ1v) is 10.9. The average Bonchev–Trinajstić information content (AvgIpc) is 2.67. The van der Waals surface area contributed by atoms with Gasteiger partial charge in [-0.05, 0) is 43.3 Å². The Kier molecular flexibility index (Phi) is 6.50. The van der Waals surface area contributed by atoms with Crippen molar-refractivity contribution in [3.05, 3.63) is 58.6 Å². The quantitative estimate of drug-likeness (QED) is 0.712. The van der Waals surface area contributed by atoms with Crippen LogP contribution in [0.1, 0.15) is 6.92 Å². The maximum atomic E-state index is 12.7. The standard InChI is InChI=1S/C19H20Cl2N2O4S/c1-14(27-17-6-2-4-15(20)12-17)19(24)22-8-10-23(11-9-22)28(25,26)18-7-3-5-16(21)13-18/h2-7,12-14H,8-11H2,1H3/t14-/m0/s1. The molecule has 1 atom stereocenters. The number of benzene rings is 2. The fourth-order valence-electron chi connectivity index (χ4n) is 2.98. The summed E-state index contributed by atoms with van der Waals surface area (Å²) in [5.41, 5.74) is 0. The summed E-state index contributed by atoms with van der Waals surface area (Å²) < 4.78 is 32.5. The van der Waals surface area contributed by atoms with Crippen LogP contribution in [0.2, 0.25) is 10.0 Å². The maximum Gasteiger partial charge on any atom is 0.263 e. The molecule has 0 N–H and O–H groups in total. The van der Waals surface area contributed by atoms with Crippen molar-refractivity contribution in [3.63, 3.8) is 0 Å². The van der Waals surface area contributed by atoms with Crippen molar-refractivity contribution in [1.82, 2.24) is 9.21 Å². The zero-order chi connectivity index (χ0) is 20.3. The number of nitrogens with zero attached hydrogens (tertiary/aromatic N) is 2. The van der Waals surface area contributed by atoms with Crippen LogP contribution in [0.25, 0.3) is 0 Å². The second-order valence-electron chi connectivity index (χ2n) is 6.40. The van der Waals surface area contributed by atoms with Gasteiger partial charge in [-0.2, -0.15) is 4.31 Å². The van der Waals surface area contributed by atoms with E-state index in [-0.39, 0.29) is 23.9 Å². The van der Waals surface area contributed by atoms with Crippen LogP contribution in [0.3, 0.4) is 0 Å². The van der Waals surface area contributed by atoms with Gasteiger partial charge < -0.3 is 9.64 Å². The monoisotopic (exact) mass is 442 g/mol. The lowest BCUT2D eigenvalue weighted by Gasteiger charge is -2.35. The molecular formula is C19H20Cl2N2O4S. The topological polar surface area (TPSA) is 66.9 Å². The summed E-state index contributed by atoms with van der Waals surface area (Å²) >= 11 is 11.8. The third-order valence-electron chi connectivity index (χ3n) is 4.44. The average molecular weight is 443 g/mol. The number of carbonyl (C=O) groups is 1. The van der Waals surface area contributed by atoms with Gasteiger partial charge in [0.1, 0.15) is 5.75 Å². The van der Waals surface area contributed by atoms with E-state index in [0.29, 0.717) is 28.9 Å². The van der Waals surface area contributed by atoms with Crippen LogP contribution >= 0.6 is 23.2 Å². The predicted octanol–water partition coefficient (Wildman–Crippen LogP) is 3.29. The molecule has 3 rings (SSSR count). The summed E-state index contributed by atoms with van der Waals surface area (Å²) in [6, 6.07) is 13.0. The second kappa shape index (κ2) is 8.69. The fourth-order valence-corrected chi connectivity index (χ4v) is 4.88. The third-order valence-corrected chi connectivity index (χ3v) is 6.81. The molecule has 1 aliphatic rings. The minimum absolute atomic E-state index is 0.150. The van der Waals surface area contributed by atoms with Crippen molar-refractivity contribution in [3.8, 4) is 5.75 Å². The van der Waals surface area contributed by atoms with Crippen LogP contribution in [-0.4, -0.2) is 55.8 Å². The minimum Gasteiger partial charge on any atom is -0.481 e. The first-order chi connectivity index (χ1) is 13.3. The number of ether oxygens (including phenoxy) is 1. The van der Waals surface area contributed by atoms with E-state index in [0.717, 1.165) is 0 Å². The van der Waals surface area contributed by atoms with Gasteiger partial charge in [0.15, 0.2) is 6.10 Å². The van der Waals surface area contributed by atoms with Gasteiger partial charge in [0.25, 0.3) is 5.91 Å². The Labute approximate surface area is 174 Å². The van der Waals surface area contributed by atoms with Crippen molar-refractivity contribution in [2.75, 3.05) is 26.2 Å². The molecule has 1 aliphatic heterocycles. The zero-order valence-electron chi connectivity index (χ0n) is 15.2. The van der Waals surface area contributed by atoms with Crippen LogP contribution in [-0.2, 0) is 14.8 Å². The highest BCUT2D eigenvalue weighted by molar-refractivity contribution is 7.89. The molecule has 0 aliphatic carbocycles. The van der Waals surface area contributed by atoms with E-state index in [2.05, 4.69) is 0 Å². The Morgan fingerprint density at radius 2 is 1.61 bits per heavy atom. The van der Waals surface area contributed by atoms with E-state index >= 15 is 0 Å². The van der Waals surface area contributed by atoms with Crippen molar-refractivity contribution in [2.24, 2.45) is 0 Å². The van der Waals surface area contributed by atoms with Crippen LogP contribution in [0, 0.1) is 0 Å². The Balaban J connectivity index is 1.60. The van der Waals surface area contributed by atoms with Crippen molar-refractivity contribution in [1.29, 1.82) is 0 Å². The number of halogens is 2. The molecule has 1 amide bonds. The van der Waals surface area contributed by atoms with E-state index in [9.17, 15) is 13.2 Å². The van der Waals surface area contributed by atoms with Crippen LogP contribution in [0.5, 0.6) is 5.75 Å². The molecule has 0 bridgehead atoms. The largest absolute Gasteiger partial charge is 0.481 e. The Hall–Kier alpha value is -1.80. The molecule has 1 fully saturated rings. The minimum atomic E-state index is -3.64. The molecular weight excluding hydrogens is 423 g/mol. The van der Waals surface area contributed by atoms with Gasteiger partial charge >= 0.3 is 0 Å². The molecule has 150 valence electrons. The summed E-state index contributed by atoms with van der Waals surface area (Å²) in [4.78, 5) is 14.4. The van der Waals surface area contributed by atoms with Gasteiger partial charge in [0.2, 0.25) is 10.0 Å². The molecule has 1 heterocycles. The van der Waals surface area contributed by atoms with Crippen molar-refractivity contribution in [2.45, 2.75) is 17.9 Å². The molecule has 0 spiro atoms. The molecule has 0 radical (unpaired) electrons. The molecule has 6 nitrogen and oxygen atoms in total. The van der Waals surface area contributed by atoms with E-state index < -0.39 is 16.1 Å². The molecule has 0 saturated carbocycles. The van der Waals surface area contributed by atoms with E-state index in [1.54, 1.807) is 48.2 Å². The summed E-state index contributed by atoms with van der Waals surface area (Å²) in [6.07, 6.45) is -0.699. The summed E-state index contributed by atoms with van der Waals surface area (Å²) in [6.45, 7) is 2.68. The van der Waals surface area contributed by atoms with E-state index in [4.69, 9.17) is 27.9 Å². The molecule has 28 heavy (non-hydrogen) atoms. The summed E-state index contributed by atoms with van der Waals surface area (Å²) in [5.74, 6) is 0.315.